The molecule has 0 aliphatic rings. The highest BCUT2D eigenvalue weighted by Crippen LogP contribution is 2.31. The first-order chi connectivity index (χ1) is 17.1. The lowest BCUT2D eigenvalue weighted by Gasteiger charge is -2.20. The quantitative estimate of drug-likeness (QED) is 0.341. The fraction of sp³-hybridized carbons (Fsp3) is 0.500. The molecular formula is C22H33N9O3S2. The van der Waals surface area contributed by atoms with Gasteiger partial charge in [-0.1, -0.05) is 37.7 Å². The lowest BCUT2D eigenvalue weighted by Crippen LogP contribution is -2.30. The molecule has 0 unspecified atom stereocenters. The van der Waals surface area contributed by atoms with Gasteiger partial charge in [-0.15, -0.1) is 10.2 Å². The zero-order valence-electron chi connectivity index (χ0n) is 21.4. The molecule has 14 heteroatoms. The van der Waals surface area contributed by atoms with Crippen molar-refractivity contribution in [2.45, 2.75) is 42.6 Å². The molecule has 0 aliphatic heterocycles. The second-order valence-corrected chi connectivity index (χ2v) is 11.1. The highest BCUT2D eigenvalue weighted by molar-refractivity contribution is 7.98. The van der Waals surface area contributed by atoms with Gasteiger partial charge in [0.05, 0.1) is 23.3 Å². The van der Waals surface area contributed by atoms with Gasteiger partial charge in [0, 0.05) is 39.9 Å². The van der Waals surface area contributed by atoms with Crippen LogP contribution in [0.3, 0.4) is 0 Å². The SMILES string of the molecule is CCN(CC)S(=O)(=O)c1cccc(-c2nnc(SCc3nc(N)nc(N(C)C)n3)n2[C@@H](C)COC)c1. The van der Waals surface area contributed by atoms with Crippen LogP contribution in [0.1, 0.15) is 32.6 Å². The lowest BCUT2D eigenvalue weighted by molar-refractivity contribution is 0.159. The number of nitrogens with two attached hydrogens (primary N) is 1. The minimum absolute atomic E-state index is 0.119. The molecule has 0 bridgehead atoms. The molecule has 196 valence electrons. The Morgan fingerprint density at radius 2 is 1.86 bits per heavy atom. The minimum Gasteiger partial charge on any atom is -0.383 e. The second kappa shape index (κ2) is 12.0. The first kappa shape index (κ1) is 27.8. The van der Waals surface area contributed by atoms with E-state index in [1.807, 2.05) is 45.5 Å². The first-order valence-electron chi connectivity index (χ1n) is 11.5. The van der Waals surface area contributed by atoms with Crippen molar-refractivity contribution >= 4 is 33.7 Å². The Labute approximate surface area is 216 Å². The monoisotopic (exact) mass is 535 g/mol. The Morgan fingerprint density at radius 1 is 1.14 bits per heavy atom. The maximum atomic E-state index is 13.1. The van der Waals surface area contributed by atoms with Gasteiger partial charge < -0.3 is 15.4 Å². The zero-order chi connectivity index (χ0) is 26.5. The summed E-state index contributed by atoms with van der Waals surface area (Å²) >= 11 is 1.40. The Balaban J connectivity index is 1.99. The van der Waals surface area contributed by atoms with E-state index in [1.165, 1.54) is 16.1 Å². The highest BCUT2D eigenvalue weighted by atomic mass is 32.2. The number of rotatable bonds is 12. The summed E-state index contributed by atoms with van der Waals surface area (Å²) in [6.07, 6.45) is 0. The van der Waals surface area contributed by atoms with Gasteiger partial charge in [0.1, 0.15) is 5.82 Å². The molecule has 2 N–H and O–H groups in total. The minimum atomic E-state index is -3.62. The van der Waals surface area contributed by atoms with Gasteiger partial charge in [0.15, 0.2) is 11.0 Å². The van der Waals surface area contributed by atoms with Crippen molar-refractivity contribution in [3.05, 3.63) is 30.1 Å². The number of nitrogens with zero attached hydrogens (tertiary/aromatic N) is 8. The summed E-state index contributed by atoms with van der Waals surface area (Å²) in [4.78, 5) is 14.8. The molecule has 0 spiro atoms. The van der Waals surface area contributed by atoms with E-state index in [1.54, 1.807) is 30.2 Å². The van der Waals surface area contributed by atoms with Crippen LogP contribution in [0.15, 0.2) is 34.3 Å². The van der Waals surface area contributed by atoms with E-state index in [2.05, 4.69) is 25.1 Å². The van der Waals surface area contributed by atoms with E-state index < -0.39 is 10.0 Å². The van der Waals surface area contributed by atoms with Gasteiger partial charge in [0.25, 0.3) is 0 Å². The second-order valence-electron chi connectivity index (χ2n) is 8.19. The number of methoxy groups -OCH3 is 1. The third kappa shape index (κ3) is 6.11. The number of anilines is 2. The highest BCUT2D eigenvalue weighted by Gasteiger charge is 2.24. The fourth-order valence-corrected chi connectivity index (χ4v) is 6.01. The predicted molar refractivity (Wildman–Crippen MR) is 140 cm³/mol. The molecule has 0 saturated carbocycles. The van der Waals surface area contributed by atoms with Gasteiger partial charge in [0.2, 0.25) is 21.9 Å². The van der Waals surface area contributed by atoms with Crippen LogP contribution in [-0.2, 0) is 20.5 Å². The van der Waals surface area contributed by atoms with E-state index in [0.717, 1.165) is 0 Å². The van der Waals surface area contributed by atoms with Crippen LogP contribution >= 0.6 is 11.8 Å². The summed E-state index contributed by atoms with van der Waals surface area (Å²) in [5, 5.41) is 9.44. The molecule has 0 fully saturated rings. The summed E-state index contributed by atoms with van der Waals surface area (Å²) in [7, 11) is 1.66. The normalized spacial score (nSPS) is 12.8. The maximum Gasteiger partial charge on any atom is 0.243 e. The van der Waals surface area contributed by atoms with Crippen molar-refractivity contribution < 1.29 is 13.2 Å². The summed E-state index contributed by atoms with van der Waals surface area (Å²) in [6, 6.07) is 6.66. The third-order valence-electron chi connectivity index (χ3n) is 5.37. The van der Waals surface area contributed by atoms with Crippen LogP contribution in [-0.4, -0.2) is 83.3 Å². The Bertz CT molecular complexity index is 1280. The van der Waals surface area contributed by atoms with Crippen LogP contribution in [0, 0.1) is 0 Å². The van der Waals surface area contributed by atoms with Crippen LogP contribution in [0.2, 0.25) is 0 Å². The van der Waals surface area contributed by atoms with Crippen LogP contribution in [0.25, 0.3) is 11.4 Å². The van der Waals surface area contributed by atoms with Crippen LogP contribution in [0.4, 0.5) is 11.9 Å². The van der Waals surface area contributed by atoms with Crippen LogP contribution < -0.4 is 10.6 Å². The average molecular weight is 536 g/mol. The van der Waals surface area contributed by atoms with Gasteiger partial charge in [-0.25, -0.2) is 8.42 Å². The molecule has 1 atom stereocenters. The Morgan fingerprint density at radius 3 is 2.50 bits per heavy atom. The van der Waals surface area contributed by atoms with Crippen molar-refractivity contribution in [1.82, 2.24) is 34.0 Å². The molecule has 36 heavy (non-hydrogen) atoms. The number of ether oxygens (including phenoxy) is 1. The van der Waals surface area contributed by atoms with Gasteiger partial charge in [-0.2, -0.15) is 19.3 Å². The number of aromatic nitrogens is 6. The molecule has 12 nitrogen and oxygen atoms in total. The average Bonchev–Trinajstić information content (AvgIpc) is 3.27. The standard InChI is InChI=1S/C22H33N9O3S2/c1-7-30(8-2)36(32,33)17-11-9-10-16(12-17)19-27-28-22(31(19)15(3)13-34-6)35-14-18-24-20(23)26-21(25-18)29(4)5/h9-12,15H,7-8,13-14H2,1-6H3,(H2,23,24,25,26)/t15-/m0/s1. The van der Waals surface area contributed by atoms with E-state index in [0.29, 0.717) is 53.8 Å². The van der Waals surface area contributed by atoms with Crippen molar-refractivity contribution in [3.8, 4) is 11.4 Å². The zero-order valence-corrected chi connectivity index (χ0v) is 23.0. The van der Waals surface area contributed by atoms with Crippen molar-refractivity contribution in [2.24, 2.45) is 0 Å². The van der Waals surface area contributed by atoms with Crippen molar-refractivity contribution in [3.63, 3.8) is 0 Å². The first-order valence-corrected chi connectivity index (χ1v) is 13.9. The Hall–Kier alpha value is -2.81. The number of thioether (sulfide) groups is 1. The number of hydrogen-bond donors (Lipinski definition) is 1. The molecular weight excluding hydrogens is 502 g/mol. The van der Waals surface area contributed by atoms with Crippen LogP contribution in [0.5, 0.6) is 0 Å². The number of sulfonamides is 1. The molecule has 2 heterocycles. The fourth-order valence-electron chi connectivity index (χ4n) is 3.61. The number of benzene rings is 1. The summed E-state index contributed by atoms with van der Waals surface area (Å²) in [5.41, 5.74) is 6.50. The van der Waals surface area contributed by atoms with E-state index in [9.17, 15) is 8.42 Å². The van der Waals surface area contributed by atoms with Gasteiger partial charge in [-0.3, -0.25) is 4.57 Å². The summed E-state index contributed by atoms with van der Waals surface area (Å²) in [5.74, 6) is 2.06. The summed E-state index contributed by atoms with van der Waals surface area (Å²) < 4.78 is 34.9. The molecule has 0 amide bonds. The summed E-state index contributed by atoms with van der Waals surface area (Å²) in [6.45, 7) is 6.82. The smallest absolute Gasteiger partial charge is 0.243 e. The largest absolute Gasteiger partial charge is 0.383 e. The number of hydrogen-bond acceptors (Lipinski definition) is 11. The van der Waals surface area contributed by atoms with E-state index in [-0.39, 0.29) is 16.9 Å². The topological polar surface area (TPSA) is 145 Å². The van der Waals surface area contributed by atoms with Crippen molar-refractivity contribution in [1.29, 1.82) is 0 Å². The van der Waals surface area contributed by atoms with E-state index >= 15 is 0 Å². The predicted octanol–water partition coefficient (Wildman–Crippen LogP) is 2.31. The molecule has 3 aromatic rings. The molecule has 2 aromatic heterocycles. The maximum absolute atomic E-state index is 13.1. The molecule has 1 aromatic carbocycles. The molecule has 0 aliphatic carbocycles. The molecule has 0 radical (unpaired) electrons. The Kier molecular flexibility index (Phi) is 9.22. The third-order valence-corrected chi connectivity index (χ3v) is 8.35. The molecule has 0 saturated heterocycles. The van der Waals surface area contributed by atoms with E-state index in [4.69, 9.17) is 10.5 Å². The van der Waals surface area contributed by atoms with Gasteiger partial charge in [-0.05, 0) is 19.1 Å². The lowest BCUT2D eigenvalue weighted by atomic mass is 10.2. The van der Waals surface area contributed by atoms with Crippen molar-refractivity contribution in [2.75, 3.05) is 51.5 Å². The molecule has 3 rings (SSSR count). The number of nitrogen functional groups attached to an aromatic ring is 1. The van der Waals surface area contributed by atoms with Gasteiger partial charge >= 0.3 is 0 Å².